The maximum atomic E-state index is 13.5. The number of piperidine rings is 1. The Morgan fingerprint density at radius 1 is 1.06 bits per heavy atom. The summed E-state index contributed by atoms with van der Waals surface area (Å²) in [6.07, 6.45) is 3.50. The minimum Gasteiger partial charge on any atom is -0.383 e. The maximum absolute atomic E-state index is 13.5. The SMILES string of the molecule is COCCN(Cc1c(-c2ccccc2)noc1N1CCCCC1)C(=O)c1ccccc1C. The van der Waals surface area contributed by atoms with Gasteiger partial charge in [0.2, 0.25) is 5.88 Å². The summed E-state index contributed by atoms with van der Waals surface area (Å²) in [5, 5.41) is 4.46. The summed E-state index contributed by atoms with van der Waals surface area (Å²) < 4.78 is 11.2. The first kappa shape index (κ1) is 22.1. The Morgan fingerprint density at radius 2 is 1.78 bits per heavy atom. The molecule has 6 nitrogen and oxygen atoms in total. The van der Waals surface area contributed by atoms with Crippen LogP contribution in [0.1, 0.15) is 40.7 Å². The van der Waals surface area contributed by atoms with Crippen LogP contribution in [0, 0.1) is 6.92 Å². The zero-order valence-electron chi connectivity index (χ0n) is 18.9. The standard InChI is InChI=1S/C26H31N3O3/c1-20-11-7-8-14-22(20)25(30)29(17-18-31-2)19-23-24(21-12-5-3-6-13-21)27-32-26(23)28-15-9-4-10-16-28/h3,5-8,11-14H,4,9-10,15-19H2,1-2H3. The monoisotopic (exact) mass is 433 g/mol. The number of hydrogen-bond acceptors (Lipinski definition) is 5. The molecule has 1 aromatic heterocycles. The van der Waals surface area contributed by atoms with E-state index in [1.807, 2.05) is 66.4 Å². The zero-order valence-corrected chi connectivity index (χ0v) is 18.9. The molecule has 0 spiro atoms. The van der Waals surface area contributed by atoms with Gasteiger partial charge in [-0.25, -0.2) is 0 Å². The number of methoxy groups -OCH3 is 1. The van der Waals surface area contributed by atoms with E-state index >= 15 is 0 Å². The van der Waals surface area contributed by atoms with Gasteiger partial charge in [0.15, 0.2) is 0 Å². The van der Waals surface area contributed by atoms with E-state index in [2.05, 4.69) is 10.1 Å². The van der Waals surface area contributed by atoms with Gasteiger partial charge in [-0.1, -0.05) is 53.7 Å². The summed E-state index contributed by atoms with van der Waals surface area (Å²) in [5.74, 6) is 0.772. The van der Waals surface area contributed by atoms with Gasteiger partial charge in [-0.05, 0) is 37.8 Å². The van der Waals surface area contributed by atoms with Crippen molar-refractivity contribution >= 4 is 11.8 Å². The molecule has 4 rings (SSSR count). The van der Waals surface area contributed by atoms with Crippen LogP contribution in [0.5, 0.6) is 0 Å². The molecule has 168 valence electrons. The van der Waals surface area contributed by atoms with Gasteiger partial charge < -0.3 is 19.1 Å². The number of carbonyl (C=O) groups excluding carboxylic acids is 1. The fraction of sp³-hybridized carbons (Fsp3) is 0.385. The topological polar surface area (TPSA) is 58.8 Å². The molecule has 3 aromatic rings. The molecule has 0 saturated carbocycles. The molecule has 0 bridgehead atoms. The van der Waals surface area contributed by atoms with Crippen LogP contribution >= 0.6 is 0 Å². The van der Waals surface area contributed by atoms with Gasteiger partial charge in [0.25, 0.3) is 5.91 Å². The number of aryl methyl sites for hydroxylation is 1. The normalized spacial score (nSPS) is 13.9. The Labute approximate surface area is 189 Å². The van der Waals surface area contributed by atoms with E-state index in [4.69, 9.17) is 9.26 Å². The van der Waals surface area contributed by atoms with Crippen molar-refractivity contribution in [3.8, 4) is 11.3 Å². The molecule has 1 amide bonds. The lowest BCUT2D eigenvalue weighted by atomic mass is 10.0. The van der Waals surface area contributed by atoms with Crippen LogP contribution in [0.2, 0.25) is 0 Å². The first-order valence-electron chi connectivity index (χ1n) is 11.3. The lowest BCUT2D eigenvalue weighted by Gasteiger charge is -2.28. The molecule has 0 radical (unpaired) electrons. The van der Waals surface area contributed by atoms with Crippen molar-refractivity contribution < 1.29 is 14.1 Å². The van der Waals surface area contributed by atoms with E-state index in [1.54, 1.807) is 7.11 Å². The van der Waals surface area contributed by atoms with Gasteiger partial charge in [0.1, 0.15) is 5.69 Å². The smallest absolute Gasteiger partial charge is 0.254 e. The zero-order chi connectivity index (χ0) is 22.3. The number of ether oxygens (including phenoxy) is 1. The number of rotatable bonds is 8. The summed E-state index contributed by atoms with van der Waals surface area (Å²) in [5.41, 5.74) is 4.41. The molecule has 6 heteroatoms. The summed E-state index contributed by atoms with van der Waals surface area (Å²) in [6, 6.07) is 17.8. The molecule has 0 atom stereocenters. The van der Waals surface area contributed by atoms with Gasteiger partial charge in [-0.3, -0.25) is 4.79 Å². The Bertz CT molecular complexity index is 1030. The van der Waals surface area contributed by atoms with Crippen LogP contribution in [0.25, 0.3) is 11.3 Å². The van der Waals surface area contributed by atoms with E-state index in [0.717, 1.165) is 54.2 Å². The van der Waals surface area contributed by atoms with Crippen LogP contribution in [-0.2, 0) is 11.3 Å². The quantitative estimate of drug-likeness (QED) is 0.504. The van der Waals surface area contributed by atoms with Crippen LogP contribution in [0.3, 0.4) is 0 Å². The third kappa shape index (κ3) is 4.86. The van der Waals surface area contributed by atoms with E-state index < -0.39 is 0 Å². The summed E-state index contributed by atoms with van der Waals surface area (Å²) in [4.78, 5) is 17.7. The second-order valence-electron chi connectivity index (χ2n) is 8.26. The van der Waals surface area contributed by atoms with Crippen LogP contribution in [0.4, 0.5) is 5.88 Å². The molecule has 0 N–H and O–H groups in total. The second kappa shape index (κ2) is 10.5. The van der Waals surface area contributed by atoms with Crippen LogP contribution in [-0.4, -0.2) is 49.3 Å². The highest BCUT2D eigenvalue weighted by Gasteiger charge is 2.27. The highest BCUT2D eigenvalue weighted by Crippen LogP contribution is 2.34. The van der Waals surface area contributed by atoms with Gasteiger partial charge in [0.05, 0.1) is 18.7 Å². The van der Waals surface area contributed by atoms with Gasteiger partial charge in [-0.15, -0.1) is 0 Å². The van der Waals surface area contributed by atoms with Crippen molar-refractivity contribution in [3.63, 3.8) is 0 Å². The maximum Gasteiger partial charge on any atom is 0.254 e. The largest absolute Gasteiger partial charge is 0.383 e. The van der Waals surface area contributed by atoms with Gasteiger partial charge in [0, 0.05) is 37.9 Å². The predicted octanol–water partition coefficient (Wildman–Crippen LogP) is 4.93. The first-order valence-corrected chi connectivity index (χ1v) is 11.3. The third-order valence-electron chi connectivity index (χ3n) is 6.03. The first-order chi connectivity index (χ1) is 15.7. The average Bonchev–Trinajstić information content (AvgIpc) is 3.26. The number of anilines is 1. The Balaban J connectivity index is 1.72. The molecular weight excluding hydrogens is 402 g/mol. The second-order valence-corrected chi connectivity index (χ2v) is 8.26. The van der Waals surface area contributed by atoms with E-state index in [0.29, 0.717) is 25.3 Å². The van der Waals surface area contributed by atoms with Crippen molar-refractivity contribution in [1.82, 2.24) is 10.1 Å². The summed E-state index contributed by atoms with van der Waals surface area (Å²) >= 11 is 0. The van der Waals surface area contributed by atoms with Gasteiger partial charge >= 0.3 is 0 Å². The van der Waals surface area contributed by atoms with Crippen molar-refractivity contribution in [2.24, 2.45) is 0 Å². The highest BCUT2D eigenvalue weighted by molar-refractivity contribution is 5.95. The molecular formula is C26H31N3O3. The number of amides is 1. The molecule has 1 fully saturated rings. The van der Waals surface area contributed by atoms with Crippen LogP contribution in [0.15, 0.2) is 59.1 Å². The van der Waals surface area contributed by atoms with Crippen molar-refractivity contribution in [2.75, 3.05) is 38.3 Å². The van der Waals surface area contributed by atoms with Gasteiger partial charge in [-0.2, -0.15) is 0 Å². The number of hydrogen-bond donors (Lipinski definition) is 0. The van der Waals surface area contributed by atoms with E-state index in [1.165, 1.54) is 6.42 Å². The van der Waals surface area contributed by atoms with E-state index in [-0.39, 0.29) is 5.91 Å². The number of benzene rings is 2. The molecule has 2 heterocycles. The third-order valence-corrected chi connectivity index (χ3v) is 6.03. The lowest BCUT2D eigenvalue weighted by Crippen LogP contribution is -2.35. The molecule has 2 aromatic carbocycles. The van der Waals surface area contributed by atoms with Crippen molar-refractivity contribution in [2.45, 2.75) is 32.7 Å². The van der Waals surface area contributed by atoms with Crippen molar-refractivity contribution in [3.05, 3.63) is 71.3 Å². The number of carbonyl (C=O) groups is 1. The lowest BCUT2D eigenvalue weighted by molar-refractivity contribution is 0.0680. The van der Waals surface area contributed by atoms with Crippen molar-refractivity contribution in [1.29, 1.82) is 0 Å². The predicted molar refractivity (Wildman–Crippen MR) is 126 cm³/mol. The Morgan fingerprint density at radius 3 is 2.50 bits per heavy atom. The summed E-state index contributed by atoms with van der Waals surface area (Å²) in [7, 11) is 1.66. The highest BCUT2D eigenvalue weighted by atomic mass is 16.5. The summed E-state index contributed by atoms with van der Waals surface area (Å²) in [6.45, 7) is 5.22. The molecule has 0 aliphatic carbocycles. The Kier molecular flexibility index (Phi) is 7.22. The molecule has 0 unspecified atom stereocenters. The van der Waals surface area contributed by atoms with E-state index in [9.17, 15) is 4.79 Å². The Hall–Kier alpha value is -3.12. The fourth-order valence-corrected chi connectivity index (χ4v) is 4.24. The molecule has 32 heavy (non-hydrogen) atoms. The van der Waals surface area contributed by atoms with Crippen LogP contribution < -0.4 is 4.90 Å². The number of nitrogens with zero attached hydrogens (tertiary/aromatic N) is 3. The molecule has 1 aliphatic rings. The average molecular weight is 434 g/mol. The molecule has 1 aliphatic heterocycles. The minimum absolute atomic E-state index is 0.00930. The molecule has 1 saturated heterocycles. The number of aromatic nitrogens is 1. The fourth-order valence-electron chi connectivity index (χ4n) is 4.24. The minimum atomic E-state index is -0.00930.